The average Bonchev–Trinajstić information content (AvgIpc) is 2.86. The Hall–Kier alpha value is -0.970. The van der Waals surface area contributed by atoms with Crippen LogP contribution < -0.4 is 5.32 Å². The largest absolute Gasteiger partial charge is 0.350 e. The first-order chi connectivity index (χ1) is 9.38. The zero-order chi connectivity index (χ0) is 14.8. The highest BCUT2D eigenvalue weighted by atomic mass is 32.2. The Kier molecular flexibility index (Phi) is 4.78. The van der Waals surface area contributed by atoms with E-state index < -0.39 is 0 Å². The molecule has 2 aliphatic rings. The lowest BCUT2D eigenvalue weighted by Crippen LogP contribution is -2.52. The van der Waals surface area contributed by atoms with Crippen LogP contribution in [0.2, 0.25) is 0 Å². The summed E-state index contributed by atoms with van der Waals surface area (Å²) in [6.45, 7) is 5.88. The summed E-state index contributed by atoms with van der Waals surface area (Å²) in [5.41, 5.74) is 0.635. The topological polar surface area (TPSA) is 49.4 Å². The molecule has 0 aromatic heterocycles. The van der Waals surface area contributed by atoms with Gasteiger partial charge in [-0.1, -0.05) is 6.08 Å². The lowest BCUT2D eigenvalue weighted by atomic mass is 9.98. The van der Waals surface area contributed by atoms with Crippen LogP contribution in [-0.2, 0) is 9.59 Å². The predicted molar refractivity (Wildman–Crippen MR) is 82.4 cm³/mol. The van der Waals surface area contributed by atoms with Crippen LogP contribution in [0.4, 0.5) is 0 Å². The number of hydrogen-bond acceptors (Lipinski definition) is 3. The third kappa shape index (κ3) is 3.78. The van der Waals surface area contributed by atoms with E-state index in [1.807, 2.05) is 26.8 Å². The Balaban J connectivity index is 2.05. The van der Waals surface area contributed by atoms with E-state index in [4.69, 9.17) is 0 Å². The summed E-state index contributed by atoms with van der Waals surface area (Å²) in [5, 5.41) is 2.98. The first-order valence-electron chi connectivity index (χ1n) is 7.28. The van der Waals surface area contributed by atoms with Crippen LogP contribution in [0.3, 0.4) is 0 Å². The number of rotatable bonds is 2. The molecular weight excluding hydrogens is 272 g/mol. The summed E-state index contributed by atoms with van der Waals surface area (Å²) in [4.78, 5) is 26.6. The van der Waals surface area contributed by atoms with Crippen molar-refractivity contribution in [1.29, 1.82) is 0 Å². The van der Waals surface area contributed by atoms with Gasteiger partial charge in [-0.15, -0.1) is 11.8 Å². The van der Waals surface area contributed by atoms with Gasteiger partial charge in [0.1, 0.15) is 6.04 Å². The quantitative estimate of drug-likeness (QED) is 0.850. The van der Waals surface area contributed by atoms with Crippen molar-refractivity contribution >= 4 is 23.6 Å². The highest BCUT2D eigenvalue weighted by Gasteiger charge is 2.36. The number of nitrogens with one attached hydrogen (secondary N) is 1. The predicted octanol–water partition coefficient (Wildman–Crippen LogP) is 2.30. The maximum Gasteiger partial charge on any atom is 0.250 e. The number of carbonyl (C=O) groups excluding carboxylic acids is 2. The Bertz CT molecular complexity index is 426. The van der Waals surface area contributed by atoms with Crippen molar-refractivity contribution in [2.24, 2.45) is 0 Å². The van der Waals surface area contributed by atoms with Gasteiger partial charge >= 0.3 is 0 Å². The summed E-state index contributed by atoms with van der Waals surface area (Å²) in [7, 11) is 0. The van der Waals surface area contributed by atoms with Gasteiger partial charge in [0, 0.05) is 16.9 Å². The van der Waals surface area contributed by atoms with Crippen LogP contribution in [0, 0.1) is 0 Å². The summed E-state index contributed by atoms with van der Waals surface area (Å²) >= 11 is 1.65. The molecule has 0 unspecified atom stereocenters. The number of carbonyl (C=O) groups is 2. The van der Waals surface area contributed by atoms with Crippen LogP contribution in [0.1, 0.15) is 46.5 Å². The fourth-order valence-corrected chi connectivity index (χ4v) is 3.68. The number of allylic oxidation sites excluding steroid dienone is 1. The van der Waals surface area contributed by atoms with E-state index in [2.05, 4.69) is 5.32 Å². The molecule has 1 aliphatic carbocycles. The van der Waals surface area contributed by atoms with E-state index in [-0.39, 0.29) is 23.4 Å². The number of amides is 2. The van der Waals surface area contributed by atoms with Crippen LogP contribution in [0.15, 0.2) is 11.6 Å². The molecule has 4 nitrogen and oxygen atoms in total. The molecule has 0 saturated carbocycles. The Morgan fingerprint density at radius 3 is 2.70 bits per heavy atom. The standard InChI is InChI=1S/C15H24N2O2S/c1-15(2,3)16-13(18)12-9-20-10-17(12)14(19)11-7-5-4-6-8-11/h7,12H,4-6,8-10H2,1-3H3,(H,16,18)/t12-/m0/s1. The maximum atomic E-state index is 12.5. The molecule has 1 saturated heterocycles. The van der Waals surface area contributed by atoms with Gasteiger partial charge < -0.3 is 10.2 Å². The molecular formula is C15H24N2O2S. The maximum absolute atomic E-state index is 12.5. The van der Waals surface area contributed by atoms with Crippen molar-refractivity contribution in [1.82, 2.24) is 10.2 Å². The van der Waals surface area contributed by atoms with Crippen molar-refractivity contribution in [3.05, 3.63) is 11.6 Å². The van der Waals surface area contributed by atoms with E-state index in [0.717, 1.165) is 24.8 Å². The van der Waals surface area contributed by atoms with Crippen molar-refractivity contribution in [2.75, 3.05) is 11.6 Å². The van der Waals surface area contributed by atoms with E-state index in [1.165, 1.54) is 6.42 Å². The van der Waals surface area contributed by atoms with Gasteiger partial charge in [-0.05, 0) is 46.5 Å². The number of hydrogen-bond donors (Lipinski definition) is 1. The fraction of sp³-hybridized carbons (Fsp3) is 0.733. The summed E-state index contributed by atoms with van der Waals surface area (Å²) in [6, 6.07) is -0.324. The van der Waals surface area contributed by atoms with Crippen LogP contribution in [-0.4, -0.2) is 39.9 Å². The number of nitrogens with zero attached hydrogens (tertiary/aromatic N) is 1. The molecule has 2 rings (SSSR count). The zero-order valence-corrected chi connectivity index (χ0v) is 13.4. The molecule has 2 amide bonds. The molecule has 0 aromatic rings. The molecule has 1 aliphatic heterocycles. The molecule has 1 heterocycles. The van der Waals surface area contributed by atoms with Crippen molar-refractivity contribution < 1.29 is 9.59 Å². The van der Waals surface area contributed by atoms with Crippen molar-refractivity contribution in [3.8, 4) is 0 Å². The summed E-state index contributed by atoms with van der Waals surface area (Å²) < 4.78 is 0. The third-order valence-electron chi connectivity index (χ3n) is 3.51. The smallest absolute Gasteiger partial charge is 0.250 e. The Labute approximate surface area is 125 Å². The van der Waals surface area contributed by atoms with Gasteiger partial charge in [-0.3, -0.25) is 9.59 Å². The second-order valence-electron chi connectivity index (χ2n) is 6.51. The molecule has 20 heavy (non-hydrogen) atoms. The SMILES string of the molecule is CC(C)(C)NC(=O)[C@@H]1CSCN1C(=O)C1=CCCCC1. The summed E-state index contributed by atoms with van der Waals surface area (Å²) in [6.07, 6.45) is 6.14. The molecule has 0 spiro atoms. The van der Waals surface area contributed by atoms with Crippen molar-refractivity contribution in [2.45, 2.75) is 58.0 Å². The first-order valence-corrected chi connectivity index (χ1v) is 8.44. The minimum absolute atomic E-state index is 0.0349. The highest BCUT2D eigenvalue weighted by Crippen LogP contribution is 2.27. The molecule has 1 atom stereocenters. The lowest BCUT2D eigenvalue weighted by molar-refractivity contribution is -0.136. The van der Waals surface area contributed by atoms with E-state index in [0.29, 0.717) is 11.6 Å². The average molecular weight is 296 g/mol. The van der Waals surface area contributed by atoms with Gasteiger partial charge in [0.05, 0.1) is 5.88 Å². The summed E-state index contributed by atoms with van der Waals surface area (Å²) in [5.74, 6) is 1.34. The lowest BCUT2D eigenvalue weighted by Gasteiger charge is -2.28. The monoisotopic (exact) mass is 296 g/mol. The van der Waals surface area contributed by atoms with Gasteiger partial charge in [-0.25, -0.2) is 0 Å². The second kappa shape index (κ2) is 6.20. The van der Waals surface area contributed by atoms with Gasteiger partial charge in [-0.2, -0.15) is 0 Å². The highest BCUT2D eigenvalue weighted by molar-refractivity contribution is 7.99. The van der Waals surface area contributed by atoms with Crippen LogP contribution >= 0.6 is 11.8 Å². The molecule has 0 bridgehead atoms. The third-order valence-corrected chi connectivity index (χ3v) is 4.52. The Morgan fingerprint density at radius 1 is 1.35 bits per heavy atom. The Morgan fingerprint density at radius 2 is 2.10 bits per heavy atom. The zero-order valence-electron chi connectivity index (χ0n) is 12.6. The molecule has 5 heteroatoms. The van der Waals surface area contributed by atoms with Gasteiger partial charge in [0.25, 0.3) is 5.91 Å². The molecule has 112 valence electrons. The first kappa shape index (κ1) is 15.4. The van der Waals surface area contributed by atoms with Crippen molar-refractivity contribution in [3.63, 3.8) is 0 Å². The number of thioether (sulfide) groups is 1. The molecule has 0 aromatic carbocycles. The van der Waals surface area contributed by atoms with E-state index in [9.17, 15) is 9.59 Å². The fourth-order valence-electron chi connectivity index (χ4n) is 2.53. The molecule has 1 N–H and O–H groups in total. The minimum Gasteiger partial charge on any atom is -0.350 e. The molecule has 0 radical (unpaired) electrons. The van der Waals surface area contributed by atoms with Crippen LogP contribution in [0.5, 0.6) is 0 Å². The molecule has 1 fully saturated rings. The van der Waals surface area contributed by atoms with E-state index >= 15 is 0 Å². The van der Waals surface area contributed by atoms with Crippen LogP contribution in [0.25, 0.3) is 0 Å². The van der Waals surface area contributed by atoms with E-state index in [1.54, 1.807) is 16.7 Å². The van der Waals surface area contributed by atoms with Gasteiger partial charge in [0.15, 0.2) is 0 Å². The second-order valence-corrected chi connectivity index (χ2v) is 7.50. The normalized spacial score (nSPS) is 23.4. The minimum atomic E-state index is -0.324. The van der Waals surface area contributed by atoms with Gasteiger partial charge in [0.2, 0.25) is 5.91 Å².